The summed E-state index contributed by atoms with van der Waals surface area (Å²) in [7, 11) is 1.33. The number of aliphatic hydroxyl groups is 3. The molecule has 33 heavy (non-hydrogen) atoms. The Morgan fingerprint density at radius 1 is 1.12 bits per heavy atom. The fourth-order valence-electron chi connectivity index (χ4n) is 3.63. The number of methoxy groups -OCH3 is 1. The lowest BCUT2D eigenvalue weighted by Crippen LogP contribution is -2.37. The Morgan fingerprint density at radius 2 is 1.73 bits per heavy atom. The van der Waals surface area contributed by atoms with E-state index in [4.69, 9.17) is 9.15 Å². The number of aromatic hydroxyl groups is 3. The van der Waals surface area contributed by atoms with Gasteiger partial charge in [-0.05, 0) is 27.2 Å². The third-order valence-electron chi connectivity index (χ3n) is 5.66. The van der Waals surface area contributed by atoms with Crippen molar-refractivity contribution < 1.29 is 39.8 Å². The molecule has 0 radical (unpaired) electrons. The molecule has 1 atom stereocenters. The maximum atomic E-state index is 13.5. The number of ether oxygens (including phenoxy) is 1. The SMILES string of the molecule is COc1c(O)cc2oc3cc(O)c(CC(O)C(C)(C)O)c(O)c3c(=O)c2c1C/C=C(/C)CO. The molecule has 1 heterocycles. The van der Waals surface area contributed by atoms with Gasteiger partial charge >= 0.3 is 0 Å². The average molecular weight is 460 g/mol. The second-order valence-electron chi connectivity index (χ2n) is 8.59. The van der Waals surface area contributed by atoms with Gasteiger partial charge in [-0.2, -0.15) is 0 Å². The van der Waals surface area contributed by atoms with Gasteiger partial charge in [0.2, 0.25) is 5.43 Å². The van der Waals surface area contributed by atoms with Crippen LogP contribution in [0.4, 0.5) is 0 Å². The highest BCUT2D eigenvalue weighted by Gasteiger charge is 2.29. The van der Waals surface area contributed by atoms with Crippen LogP contribution in [-0.4, -0.2) is 56.1 Å². The van der Waals surface area contributed by atoms with Crippen LogP contribution in [-0.2, 0) is 12.8 Å². The first kappa shape index (κ1) is 24.4. The number of hydrogen-bond acceptors (Lipinski definition) is 9. The van der Waals surface area contributed by atoms with E-state index in [0.29, 0.717) is 11.1 Å². The summed E-state index contributed by atoms with van der Waals surface area (Å²) in [5.74, 6) is -1.22. The Bertz CT molecular complexity index is 1300. The van der Waals surface area contributed by atoms with Gasteiger partial charge < -0.3 is 39.8 Å². The molecule has 2 aromatic carbocycles. The number of hydrogen-bond donors (Lipinski definition) is 6. The molecule has 0 saturated carbocycles. The number of allylic oxidation sites excluding steroid dienone is 1. The van der Waals surface area contributed by atoms with Crippen molar-refractivity contribution >= 4 is 21.9 Å². The first-order valence-corrected chi connectivity index (χ1v) is 10.3. The molecule has 0 aliphatic rings. The molecule has 3 aromatic rings. The summed E-state index contributed by atoms with van der Waals surface area (Å²) in [6.07, 6.45) is 0.138. The first-order valence-electron chi connectivity index (χ1n) is 10.3. The monoisotopic (exact) mass is 460 g/mol. The lowest BCUT2D eigenvalue weighted by molar-refractivity contribution is -0.0472. The van der Waals surface area contributed by atoms with E-state index in [1.807, 2.05) is 0 Å². The molecule has 178 valence electrons. The molecule has 1 aromatic heterocycles. The van der Waals surface area contributed by atoms with Gasteiger partial charge in [0.15, 0.2) is 11.5 Å². The van der Waals surface area contributed by atoms with E-state index < -0.39 is 28.6 Å². The molecule has 6 N–H and O–H groups in total. The van der Waals surface area contributed by atoms with Crippen LogP contribution >= 0.6 is 0 Å². The summed E-state index contributed by atoms with van der Waals surface area (Å²) in [6, 6.07) is 2.35. The molecular weight excluding hydrogens is 432 g/mol. The lowest BCUT2D eigenvalue weighted by Gasteiger charge is -2.25. The van der Waals surface area contributed by atoms with Crippen LogP contribution in [0.15, 0.2) is 33.0 Å². The Morgan fingerprint density at radius 3 is 2.30 bits per heavy atom. The second-order valence-corrected chi connectivity index (χ2v) is 8.59. The van der Waals surface area contributed by atoms with Crippen LogP contribution in [0.5, 0.6) is 23.0 Å². The van der Waals surface area contributed by atoms with Gasteiger partial charge in [0.25, 0.3) is 0 Å². The van der Waals surface area contributed by atoms with Crippen molar-refractivity contribution in [2.24, 2.45) is 0 Å². The molecule has 1 unspecified atom stereocenters. The van der Waals surface area contributed by atoms with Gasteiger partial charge in [-0.15, -0.1) is 0 Å². The Kier molecular flexibility index (Phi) is 6.60. The van der Waals surface area contributed by atoms with Crippen LogP contribution < -0.4 is 10.2 Å². The fourth-order valence-corrected chi connectivity index (χ4v) is 3.63. The highest BCUT2D eigenvalue weighted by Crippen LogP contribution is 2.41. The molecule has 0 spiro atoms. The second kappa shape index (κ2) is 8.93. The predicted octanol–water partition coefficient (Wildman–Crippen LogP) is 2.23. The first-order chi connectivity index (χ1) is 15.4. The van der Waals surface area contributed by atoms with E-state index in [1.54, 1.807) is 13.0 Å². The van der Waals surface area contributed by atoms with E-state index in [2.05, 4.69) is 0 Å². The zero-order valence-electron chi connectivity index (χ0n) is 18.8. The molecule has 9 heteroatoms. The van der Waals surface area contributed by atoms with Crippen LogP contribution in [0.3, 0.4) is 0 Å². The highest BCUT2D eigenvalue weighted by molar-refractivity contribution is 5.97. The molecule has 0 bridgehead atoms. The molecule has 9 nitrogen and oxygen atoms in total. The summed E-state index contributed by atoms with van der Waals surface area (Å²) < 4.78 is 11.0. The summed E-state index contributed by atoms with van der Waals surface area (Å²) in [5.41, 5.74) is -1.45. The van der Waals surface area contributed by atoms with E-state index >= 15 is 0 Å². The third-order valence-corrected chi connectivity index (χ3v) is 5.66. The van der Waals surface area contributed by atoms with Crippen molar-refractivity contribution in [1.29, 1.82) is 0 Å². The van der Waals surface area contributed by atoms with Crippen LogP contribution in [0, 0.1) is 0 Å². The van der Waals surface area contributed by atoms with Crippen molar-refractivity contribution in [2.45, 2.75) is 45.3 Å². The Balaban J connectivity index is 2.38. The Hall–Kier alpha value is -3.27. The normalized spacial score (nSPS) is 13.6. The summed E-state index contributed by atoms with van der Waals surface area (Å²) in [5, 5.41) is 61.1. The maximum Gasteiger partial charge on any atom is 0.204 e. The summed E-state index contributed by atoms with van der Waals surface area (Å²) >= 11 is 0. The zero-order valence-corrected chi connectivity index (χ0v) is 18.8. The van der Waals surface area contributed by atoms with Crippen LogP contribution in [0.2, 0.25) is 0 Å². The summed E-state index contributed by atoms with van der Waals surface area (Å²) in [4.78, 5) is 13.5. The standard InChI is InChI=1S/C24H28O9/c1-11(10-25)5-6-12-19-16(9-15(27)23(12)32-4)33-17-8-14(26)13(7-18(28)24(2,3)31)21(29)20(17)22(19)30/h5,8-9,18,25-29,31H,6-7,10H2,1-4H3/b11-5-. The lowest BCUT2D eigenvalue weighted by atomic mass is 9.93. The number of rotatable bonds is 7. The van der Waals surface area contributed by atoms with Gasteiger partial charge in [0.05, 0.1) is 30.8 Å². The molecule has 0 aliphatic carbocycles. The van der Waals surface area contributed by atoms with Crippen LogP contribution in [0.25, 0.3) is 21.9 Å². The largest absolute Gasteiger partial charge is 0.507 e. The van der Waals surface area contributed by atoms with E-state index in [-0.39, 0.29) is 58.4 Å². The minimum atomic E-state index is -1.52. The predicted molar refractivity (Wildman–Crippen MR) is 122 cm³/mol. The number of phenols is 3. The average Bonchev–Trinajstić information content (AvgIpc) is 2.73. The molecule has 3 rings (SSSR count). The topological polar surface area (TPSA) is 161 Å². The van der Waals surface area contributed by atoms with Gasteiger partial charge in [-0.3, -0.25) is 4.79 Å². The van der Waals surface area contributed by atoms with Crippen molar-refractivity contribution in [3.05, 3.63) is 45.1 Å². The van der Waals surface area contributed by atoms with E-state index in [9.17, 15) is 35.4 Å². The third kappa shape index (κ3) is 4.47. The smallest absolute Gasteiger partial charge is 0.204 e. The van der Waals surface area contributed by atoms with Crippen molar-refractivity contribution in [3.63, 3.8) is 0 Å². The molecular formula is C24H28O9. The quantitative estimate of drug-likeness (QED) is 0.229. The number of fused-ring (bicyclic) bond motifs is 2. The van der Waals surface area contributed by atoms with Gasteiger partial charge in [0.1, 0.15) is 28.1 Å². The molecule has 0 aliphatic heterocycles. The van der Waals surface area contributed by atoms with Crippen LogP contribution in [0.1, 0.15) is 31.9 Å². The number of phenolic OH excluding ortho intramolecular Hbond substituents is 3. The van der Waals surface area contributed by atoms with Crippen molar-refractivity contribution in [3.8, 4) is 23.0 Å². The molecule has 0 fully saturated rings. The van der Waals surface area contributed by atoms with Crippen molar-refractivity contribution in [1.82, 2.24) is 0 Å². The highest BCUT2D eigenvalue weighted by atomic mass is 16.5. The maximum absolute atomic E-state index is 13.5. The van der Waals surface area contributed by atoms with Crippen molar-refractivity contribution in [2.75, 3.05) is 13.7 Å². The van der Waals surface area contributed by atoms with Gasteiger partial charge in [0, 0.05) is 29.7 Å². The molecule has 0 saturated heterocycles. The minimum absolute atomic E-state index is 0.0129. The Labute approximate surface area is 189 Å². The zero-order chi connectivity index (χ0) is 24.7. The molecule has 0 amide bonds. The minimum Gasteiger partial charge on any atom is -0.507 e. The van der Waals surface area contributed by atoms with Gasteiger partial charge in [-0.25, -0.2) is 0 Å². The summed E-state index contributed by atoms with van der Waals surface area (Å²) in [6.45, 7) is 4.26. The number of benzene rings is 2. The number of aliphatic hydroxyl groups excluding tert-OH is 2. The van der Waals surface area contributed by atoms with E-state index in [0.717, 1.165) is 6.07 Å². The van der Waals surface area contributed by atoms with Gasteiger partial charge in [-0.1, -0.05) is 11.6 Å². The van der Waals surface area contributed by atoms with E-state index in [1.165, 1.54) is 27.0 Å². The fraction of sp³-hybridized carbons (Fsp3) is 0.375.